The molecule has 0 aromatic heterocycles. The van der Waals surface area contributed by atoms with Gasteiger partial charge in [0.1, 0.15) is 18.1 Å². The molecule has 0 aliphatic carbocycles. The molecule has 1 heterocycles. The van der Waals surface area contributed by atoms with Crippen molar-refractivity contribution in [2.45, 2.75) is 64.0 Å². The van der Waals surface area contributed by atoms with Crippen LogP contribution >= 0.6 is 11.8 Å². The summed E-state index contributed by atoms with van der Waals surface area (Å²) in [6.45, 7) is 4.42. The Hall–Kier alpha value is -2.32. The lowest BCUT2D eigenvalue weighted by Gasteiger charge is -2.44. The van der Waals surface area contributed by atoms with Gasteiger partial charge in [-0.3, -0.25) is 19.2 Å². The van der Waals surface area contributed by atoms with E-state index in [9.17, 15) is 19.2 Å². The third-order valence-electron chi connectivity index (χ3n) is 3.44. The van der Waals surface area contributed by atoms with Gasteiger partial charge in [-0.1, -0.05) is 0 Å². The Kier molecular flexibility index (Phi) is 9.75. The third kappa shape index (κ3) is 7.74. The molecule has 1 aliphatic heterocycles. The highest BCUT2D eigenvalue weighted by Gasteiger charge is 2.52. The molecule has 0 amide bonds. The molecule has 0 saturated carbocycles. The molecule has 0 unspecified atom stereocenters. The minimum absolute atomic E-state index is 0.206. The van der Waals surface area contributed by atoms with E-state index in [1.165, 1.54) is 25.6 Å². The second kappa shape index (κ2) is 11.5. The molecule has 0 aromatic carbocycles. The molecular weight excluding hydrogens is 394 g/mol. The lowest BCUT2D eigenvalue weighted by atomic mass is 9.99. The molecule has 5 atom stereocenters. The fourth-order valence-corrected chi connectivity index (χ4v) is 3.61. The maximum absolute atomic E-state index is 11.6. The van der Waals surface area contributed by atoms with Crippen molar-refractivity contribution in [3.63, 3.8) is 0 Å². The summed E-state index contributed by atoms with van der Waals surface area (Å²) < 4.78 is 26.7. The van der Waals surface area contributed by atoms with E-state index in [1.54, 1.807) is 0 Å². The summed E-state index contributed by atoms with van der Waals surface area (Å²) in [5.74, 6) is -2.25. The minimum Gasteiger partial charge on any atom is -0.463 e. The number of ether oxygens (including phenoxy) is 5. The van der Waals surface area contributed by atoms with Crippen molar-refractivity contribution in [3.8, 4) is 6.07 Å². The Morgan fingerprint density at radius 2 is 1.43 bits per heavy atom. The van der Waals surface area contributed by atoms with Crippen LogP contribution in [0.5, 0.6) is 0 Å². The van der Waals surface area contributed by atoms with Crippen LogP contribution in [0.1, 0.15) is 34.1 Å². The first kappa shape index (κ1) is 23.7. The number of nitriles is 1. The van der Waals surface area contributed by atoms with Crippen LogP contribution in [-0.4, -0.2) is 66.1 Å². The lowest BCUT2D eigenvalue weighted by Crippen LogP contribution is -2.61. The van der Waals surface area contributed by atoms with E-state index in [1.807, 2.05) is 6.07 Å². The molecular formula is C17H23NO9S. The Bertz CT molecular complexity index is 633. The molecule has 1 rings (SSSR count). The molecule has 28 heavy (non-hydrogen) atoms. The summed E-state index contributed by atoms with van der Waals surface area (Å²) in [5.41, 5.74) is -0.839. The zero-order chi connectivity index (χ0) is 21.3. The van der Waals surface area contributed by atoms with Crippen LogP contribution in [-0.2, 0) is 42.9 Å². The number of rotatable bonds is 8. The Morgan fingerprint density at radius 3 is 1.93 bits per heavy atom. The SMILES string of the molecule is CC(=O)OC[C@H]1O[C@H](SCCC#N)[C@@H](OC(C)=O)[C@@H](OC(C)=O)[C@@H]1OC(C)=O. The highest BCUT2D eigenvalue weighted by molar-refractivity contribution is 7.99. The van der Waals surface area contributed by atoms with Crippen LogP contribution in [0.15, 0.2) is 0 Å². The predicted octanol–water partition coefficient (Wildman–Crippen LogP) is 0.716. The maximum atomic E-state index is 11.6. The molecule has 0 bridgehead atoms. The zero-order valence-corrected chi connectivity index (χ0v) is 16.9. The van der Waals surface area contributed by atoms with Gasteiger partial charge in [0.05, 0.1) is 6.07 Å². The van der Waals surface area contributed by atoms with Crippen LogP contribution in [0.25, 0.3) is 0 Å². The zero-order valence-electron chi connectivity index (χ0n) is 16.0. The highest BCUT2D eigenvalue weighted by atomic mass is 32.2. The lowest BCUT2D eigenvalue weighted by molar-refractivity contribution is -0.237. The normalized spacial score (nSPS) is 26.5. The van der Waals surface area contributed by atoms with E-state index in [2.05, 4.69) is 0 Å². The van der Waals surface area contributed by atoms with E-state index in [-0.39, 0.29) is 13.0 Å². The standard InChI is InChI=1S/C17H23NO9S/c1-9(19)23-8-13-14(24-10(2)20)15(25-11(3)21)16(26-12(4)22)17(27-13)28-7-5-6-18/h13-17H,5,7-8H2,1-4H3/t13-,14-,15+,16+,17-/m1/s1. The molecule has 156 valence electrons. The fourth-order valence-electron chi connectivity index (χ4n) is 2.54. The molecule has 1 saturated heterocycles. The van der Waals surface area contributed by atoms with E-state index < -0.39 is 53.7 Å². The summed E-state index contributed by atoms with van der Waals surface area (Å²) in [5, 5.41) is 8.74. The van der Waals surface area contributed by atoms with E-state index in [0.717, 1.165) is 13.8 Å². The van der Waals surface area contributed by atoms with Crippen molar-refractivity contribution in [3.05, 3.63) is 0 Å². The van der Waals surface area contributed by atoms with Crippen LogP contribution < -0.4 is 0 Å². The summed E-state index contributed by atoms with van der Waals surface area (Å²) in [6.07, 6.45) is -4.21. The largest absolute Gasteiger partial charge is 0.463 e. The highest BCUT2D eigenvalue weighted by Crippen LogP contribution is 2.34. The van der Waals surface area contributed by atoms with Crippen molar-refractivity contribution < 1.29 is 42.9 Å². The quantitative estimate of drug-likeness (QED) is 0.313. The van der Waals surface area contributed by atoms with E-state index in [4.69, 9.17) is 28.9 Å². The predicted molar refractivity (Wildman–Crippen MR) is 94.6 cm³/mol. The van der Waals surface area contributed by atoms with E-state index >= 15 is 0 Å². The number of hydrogen-bond donors (Lipinski definition) is 0. The summed E-state index contributed by atoms with van der Waals surface area (Å²) in [7, 11) is 0. The monoisotopic (exact) mass is 417 g/mol. The van der Waals surface area contributed by atoms with Gasteiger partial charge in [-0.2, -0.15) is 5.26 Å². The average Bonchev–Trinajstić information content (AvgIpc) is 2.57. The first-order valence-electron chi connectivity index (χ1n) is 8.44. The van der Waals surface area contributed by atoms with Crippen LogP contribution in [0.3, 0.4) is 0 Å². The molecule has 1 fully saturated rings. The summed E-state index contributed by atoms with van der Waals surface area (Å²) in [4.78, 5) is 46.0. The molecule has 0 aromatic rings. The van der Waals surface area contributed by atoms with Crippen molar-refractivity contribution in [2.75, 3.05) is 12.4 Å². The van der Waals surface area contributed by atoms with Crippen molar-refractivity contribution in [1.82, 2.24) is 0 Å². The fraction of sp³-hybridized carbons (Fsp3) is 0.706. The third-order valence-corrected chi connectivity index (χ3v) is 4.59. The molecule has 10 nitrogen and oxygen atoms in total. The number of hydrogen-bond acceptors (Lipinski definition) is 11. The molecule has 0 spiro atoms. The minimum atomic E-state index is -1.18. The van der Waals surface area contributed by atoms with Crippen molar-refractivity contribution >= 4 is 35.6 Å². The van der Waals surface area contributed by atoms with Gasteiger partial charge in [0.25, 0.3) is 0 Å². The number of carbonyl (C=O) groups is 4. The Labute approximate surface area is 166 Å². The topological polar surface area (TPSA) is 138 Å². The van der Waals surface area contributed by atoms with E-state index in [0.29, 0.717) is 5.75 Å². The number of carbonyl (C=O) groups excluding carboxylic acids is 4. The number of esters is 4. The number of nitrogens with zero attached hydrogens (tertiary/aromatic N) is 1. The van der Waals surface area contributed by atoms with Gasteiger partial charge < -0.3 is 23.7 Å². The maximum Gasteiger partial charge on any atom is 0.303 e. The second-order valence-corrected chi connectivity index (χ2v) is 7.05. The molecule has 1 aliphatic rings. The second-order valence-electron chi connectivity index (χ2n) is 5.85. The van der Waals surface area contributed by atoms with Gasteiger partial charge in [0.2, 0.25) is 0 Å². The van der Waals surface area contributed by atoms with Gasteiger partial charge >= 0.3 is 23.9 Å². The van der Waals surface area contributed by atoms with Gasteiger partial charge in [0, 0.05) is 39.9 Å². The van der Waals surface area contributed by atoms with Gasteiger partial charge in [0.15, 0.2) is 18.3 Å². The van der Waals surface area contributed by atoms with Gasteiger partial charge in [-0.25, -0.2) is 0 Å². The van der Waals surface area contributed by atoms with Gasteiger partial charge in [-0.15, -0.1) is 11.8 Å². The van der Waals surface area contributed by atoms with Crippen molar-refractivity contribution in [2.24, 2.45) is 0 Å². The van der Waals surface area contributed by atoms with Crippen molar-refractivity contribution in [1.29, 1.82) is 5.26 Å². The average molecular weight is 417 g/mol. The Balaban J connectivity index is 3.23. The summed E-state index contributed by atoms with van der Waals surface area (Å²) in [6, 6.07) is 1.98. The van der Waals surface area contributed by atoms with Crippen LogP contribution in [0.4, 0.5) is 0 Å². The first-order valence-corrected chi connectivity index (χ1v) is 9.49. The molecule has 11 heteroatoms. The van der Waals surface area contributed by atoms with Crippen LogP contribution in [0, 0.1) is 11.3 Å². The smallest absolute Gasteiger partial charge is 0.303 e. The Morgan fingerprint density at radius 1 is 0.893 bits per heavy atom. The molecule has 0 N–H and O–H groups in total. The van der Waals surface area contributed by atoms with Crippen LogP contribution in [0.2, 0.25) is 0 Å². The van der Waals surface area contributed by atoms with Gasteiger partial charge in [-0.05, 0) is 0 Å². The first-order chi connectivity index (χ1) is 13.1. The number of thioether (sulfide) groups is 1. The molecule has 0 radical (unpaired) electrons. The summed E-state index contributed by atoms with van der Waals surface area (Å²) >= 11 is 1.17.